The van der Waals surface area contributed by atoms with Crippen molar-refractivity contribution in [2.45, 2.75) is 26.3 Å². The van der Waals surface area contributed by atoms with Gasteiger partial charge in [0.05, 0.1) is 16.8 Å². The first-order valence-corrected chi connectivity index (χ1v) is 10.3. The molecule has 1 N–H and O–H groups in total. The average Bonchev–Trinajstić information content (AvgIpc) is 3.12. The molecule has 2 aromatic carbocycles. The number of amides is 1. The number of nitrogens with zero attached hydrogens (tertiary/aromatic N) is 3. The number of pyridine rings is 1. The lowest BCUT2D eigenvalue weighted by Gasteiger charge is -2.13. The molecule has 0 bridgehead atoms. The fourth-order valence-corrected chi connectivity index (χ4v) is 3.44. The summed E-state index contributed by atoms with van der Waals surface area (Å²) in [6, 6.07) is 15.2. The lowest BCUT2D eigenvalue weighted by molar-refractivity contribution is 0.0952. The Bertz CT molecular complexity index is 1210. The molecule has 4 rings (SSSR count). The Morgan fingerprint density at radius 3 is 2.52 bits per heavy atom. The lowest BCUT2D eigenvalue weighted by Crippen LogP contribution is -2.26. The van der Waals surface area contributed by atoms with E-state index in [-0.39, 0.29) is 17.3 Å². The Balaban J connectivity index is 1.80. The van der Waals surface area contributed by atoms with E-state index in [1.807, 2.05) is 18.2 Å². The van der Waals surface area contributed by atoms with Crippen molar-refractivity contribution < 1.29 is 9.18 Å². The van der Waals surface area contributed by atoms with Crippen LogP contribution in [0.3, 0.4) is 0 Å². The third-order valence-electron chi connectivity index (χ3n) is 5.06. The molecule has 6 nitrogen and oxygen atoms in total. The molecule has 158 valence electrons. The third-order valence-corrected chi connectivity index (χ3v) is 5.06. The number of carbonyl (C=O) groups excluding carboxylic acids is 1. The van der Waals surface area contributed by atoms with Crippen molar-refractivity contribution in [2.75, 3.05) is 6.54 Å². The molecule has 0 atom stereocenters. The Kier molecular flexibility index (Phi) is 5.93. The van der Waals surface area contributed by atoms with Gasteiger partial charge in [-0.3, -0.25) is 9.59 Å². The maximum absolute atomic E-state index is 13.3. The highest BCUT2D eigenvalue weighted by atomic mass is 19.1. The van der Waals surface area contributed by atoms with Crippen LogP contribution in [-0.2, 0) is 6.54 Å². The van der Waals surface area contributed by atoms with Gasteiger partial charge in [-0.1, -0.05) is 43.7 Å². The van der Waals surface area contributed by atoms with Crippen molar-refractivity contribution >= 4 is 5.91 Å². The summed E-state index contributed by atoms with van der Waals surface area (Å²) in [4.78, 5) is 26.0. The van der Waals surface area contributed by atoms with Gasteiger partial charge in [0.25, 0.3) is 11.5 Å². The maximum atomic E-state index is 13.3. The van der Waals surface area contributed by atoms with Crippen molar-refractivity contribution in [1.82, 2.24) is 19.7 Å². The molecule has 0 aliphatic carbocycles. The average molecular weight is 418 g/mol. The highest BCUT2D eigenvalue weighted by Crippen LogP contribution is 2.23. The van der Waals surface area contributed by atoms with Crippen LogP contribution in [0, 0.1) is 5.82 Å². The van der Waals surface area contributed by atoms with E-state index in [9.17, 15) is 14.0 Å². The van der Waals surface area contributed by atoms with E-state index in [0.29, 0.717) is 35.6 Å². The van der Waals surface area contributed by atoms with Gasteiger partial charge in [0.2, 0.25) is 0 Å². The second-order valence-corrected chi connectivity index (χ2v) is 7.39. The second kappa shape index (κ2) is 8.95. The zero-order chi connectivity index (χ0) is 21.8. The number of halogens is 1. The van der Waals surface area contributed by atoms with Gasteiger partial charge in [-0.2, -0.15) is 9.78 Å². The molecule has 2 heterocycles. The van der Waals surface area contributed by atoms with Crippen molar-refractivity contribution in [3.05, 3.63) is 94.3 Å². The van der Waals surface area contributed by atoms with Crippen LogP contribution in [0.5, 0.6) is 0 Å². The minimum Gasteiger partial charge on any atom is -0.352 e. The van der Waals surface area contributed by atoms with Gasteiger partial charge in [-0.15, -0.1) is 0 Å². The molecule has 0 radical (unpaired) electrons. The number of rotatable bonds is 7. The van der Waals surface area contributed by atoms with E-state index in [1.54, 1.807) is 41.2 Å². The fraction of sp³-hybridized carbons (Fsp3) is 0.208. The smallest absolute Gasteiger partial charge is 0.282 e. The van der Waals surface area contributed by atoms with Crippen LogP contribution in [-0.4, -0.2) is 26.8 Å². The van der Waals surface area contributed by atoms with Crippen LogP contribution in [0.4, 0.5) is 4.39 Å². The van der Waals surface area contributed by atoms with Gasteiger partial charge in [-0.05, 0) is 36.2 Å². The summed E-state index contributed by atoms with van der Waals surface area (Å²) < 4.78 is 16.3. The molecule has 0 unspecified atom stereocenters. The topological polar surface area (TPSA) is 68.9 Å². The van der Waals surface area contributed by atoms with E-state index >= 15 is 0 Å². The predicted octanol–water partition coefficient (Wildman–Crippen LogP) is 3.86. The Labute approximate surface area is 179 Å². The van der Waals surface area contributed by atoms with Gasteiger partial charge in [0.15, 0.2) is 0 Å². The van der Waals surface area contributed by atoms with Gasteiger partial charge < -0.3 is 9.88 Å². The molecule has 1 amide bonds. The molecule has 0 spiro atoms. The van der Waals surface area contributed by atoms with Crippen LogP contribution in [0.25, 0.3) is 16.9 Å². The number of fused-ring (bicyclic) bond motifs is 1. The number of hydrogen-bond acceptors (Lipinski definition) is 3. The number of unbranched alkanes of at least 4 members (excludes halogenated alkanes) is 1. The lowest BCUT2D eigenvalue weighted by atomic mass is 10.1. The van der Waals surface area contributed by atoms with E-state index in [2.05, 4.69) is 17.3 Å². The first kappa shape index (κ1) is 20.5. The SMILES string of the molecule is CCCCNC(=O)c1cn(Cc2ccc(F)cc2)cc2c(=O)n(-c3ccccc3)nc1-2. The van der Waals surface area contributed by atoms with Crippen molar-refractivity contribution in [3.8, 4) is 16.9 Å². The summed E-state index contributed by atoms with van der Waals surface area (Å²) in [6.45, 7) is 2.99. The highest BCUT2D eigenvalue weighted by Gasteiger charge is 2.24. The van der Waals surface area contributed by atoms with Crippen LogP contribution in [0.15, 0.2) is 71.8 Å². The normalized spacial score (nSPS) is 11.0. The Morgan fingerprint density at radius 2 is 1.81 bits per heavy atom. The number of hydrogen-bond donors (Lipinski definition) is 1. The summed E-state index contributed by atoms with van der Waals surface area (Å²) >= 11 is 0. The molecule has 0 fully saturated rings. The monoisotopic (exact) mass is 418 g/mol. The number of para-hydroxylation sites is 1. The molecule has 0 aromatic heterocycles. The van der Waals surface area contributed by atoms with Gasteiger partial charge in [0, 0.05) is 25.5 Å². The van der Waals surface area contributed by atoms with Gasteiger partial charge >= 0.3 is 0 Å². The Hall–Kier alpha value is -3.74. The van der Waals surface area contributed by atoms with Crippen LogP contribution in [0.2, 0.25) is 0 Å². The summed E-state index contributed by atoms with van der Waals surface area (Å²) in [5, 5.41) is 7.38. The molecular weight excluding hydrogens is 395 g/mol. The van der Waals surface area contributed by atoms with E-state index in [0.717, 1.165) is 18.4 Å². The number of carbonyl (C=O) groups is 1. The van der Waals surface area contributed by atoms with Crippen molar-refractivity contribution in [3.63, 3.8) is 0 Å². The fourth-order valence-electron chi connectivity index (χ4n) is 3.44. The van der Waals surface area contributed by atoms with Gasteiger partial charge in [0.1, 0.15) is 11.5 Å². The molecule has 2 aliphatic heterocycles. The zero-order valence-corrected chi connectivity index (χ0v) is 17.2. The van der Waals surface area contributed by atoms with Crippen LogP contribution < -0.4 is 10.9 Å². The second-order valence-electron chi connectivity index (χ2n) is 7.39. The molecule has 0 saturated carbocycles. The van der Waals surface area contributed by atoms with Crippen LogP contribution >= 0.6 is 0 Å². The third kappa shape index (κ3) is 4.40. The van der Waals surface area contributed by atoms with E-state index < -0.39 is 0 Å². The highest BCUT2D eigenvalue weighted by molar-refractivity contribution is 5.99. The first-order valence-electron chi connectivity index (χ1n) is 10.3. The minimum absolute atomic E-state index is 0.274. The predicted molar refractivity (Wildman–Crippen MR) is 117 cm³/mol. The molecular formula is C24H23FN4O2. The quantitative estimate of drug-likeness (QED) is 0.464. The van der Waals surface area contributed by atoms with Gasteiger partial charge in [-0.25, -0.2) is 4.39 Å². The molecule has 2 aliphatic rings. The van der Waals surface area contributed by atoms with E-state index in [4.69, 9.17) is 0 Å². The van der Waals surface area contributed by atoms with Crippen molar-refractivity contribution in [1.29, 1.82) is 0 Å². The molecule has 0 saturated heterocycles. The summed E-state index contributed by atoms with van der Waals surface area (Å²) in [5.74, 6) is -0.587. The van der Waals surface area contributed by atoms with E-state index in [1.165, 1.54) is 16.8 Å². The number of aromatic nitrogens is 3. The molecule has 7 heteroatoms. The minimum atomic E-state index is -0.314. The molecule has 31 heavy (non-hydrogen) atoms. The molecule has 2 aromatic rings. The maximum Gasteiger partial charge on any atom is 0.282 e. The summed E-state index contributed by atoms with van der Waals surface area (Å²) in [6.07, 6.45) is 5.20. The number of benzene rings is 2. The summed E-state index contributed by atoms with van der Waals surface area (Å²) in [5.41, 5.74) is 2.24. The number of nitrogens with one attached hydrogen (secondary N) is 1. The standard InChI is InChI=1S/C24H23FN4O2/c1-2-3-13-26-23(30)20-15-28(14-17-9-11-18(25)12-10-17)16-21-22(20)27-29(24(21)31)19-7-5-4-6-8-19/h4-12,15-16H,2-3,13-14H2,1H3,(H,26,30). The van der Waals surface area contributed by atoms with Crippen molar-refractivity contribution in [2.24, 2.45) is 0 Å². The summed E-state index contributed by atoms with van der Waals surface area (Å²) in [7, 11) is 0. The largest absolute Gasteiger partial charge is 0.352 e. The first-order chi connectivity index (χ1) is 15.1. The zero-order valence-electron chi connectivity index (χ0n) is 17.2. The Morgan fingerprint density at radius 1 is 1.06 bits per heavy atom. The van der Waals surface area contributed by atoms with Crippen LogP contribution in [0.1, 0.15) is 35.7 Å².